The average molecular weight is 468 g/mol. The van der Waals surface area contributed by atoms with E-state index < -0.39 is 10.0 Å². The fraction of sp³-hybridized carbons (Fsp3) is 0.320. The molecule has 0 saturated carbocycles. The fourth-order valence-electron chi connectivity index (χ4n) is 4.06. The Morgan fingerprint density at radius 3 is 2.21 bits per heavy atom. The minimum Gasteiger partial charge on any atom is -0.455 e. The number of rotatable bonds is 7. The minimum atomic E-state index is -3.67. The van der Waals surface area contributed by atoms with Crippen LogP contribution in [0.3, 0.4) is 0 Å². The zero-order chi connectivity index (χ0) is 23.6. The number of nitrogens with one attached hydrogen (secondary N) is 1. The molecule has 33 heavy (non-hydrogen) atoms. The van der Waals surface area contributed by atoms with Gasteiger partial charge in [-0.25, -0.2) is 8.42 Å². The molecule has 0 aliphatic carbocycles. The lowest BCUT2D eigenvalue weighted by Gasteiger charge is -2.26. The molecule has 0 bridgehead atoms. The van der Waals surface area contributed by atoms with Crippen molar-refractivity contribution in [1.29, 1.82) is 0 Å². The second-order valence-electron chi connectivity index (χ2n) is 8.45. The zero-order valence-corrected chi connectivity index (χ0v) is 19.9. The Kier molecular flexibility index (Phi) is 6.58. The first kappa shape index (κ1) is 23.1. The Bertz CT molecular complexity index is 1210. The van der Waals surface area contributed by atoms with Crippen LogP contribution in [0.5, 0.6) is 0 Å². The summed E-state index contributed by atoms with van der Waals surface area (Å²) in [5.41, 5.74) is 2.57. The molecule has 1 fully saturated rings. The first-order valence-corrected chi connectivity index (χ1v) is 12.6. The molecule has 1 aliphatic rings. The molecule has 1 aliphatic heterocycles. The van der Waals surface area contributed by atoms with Gasteiger partial charge in [-0.15, -0.1) is 0 Å². The third kappa shape index (κ3) is 4.82. The molecule has 3 aromatic rings. The topological polar surface area (TPSA) is 82.9 Å². The summed E-state index contributed by atoms with van der Waals surface area (Å²) in [7, 11) is -3.67. The first-order valence-electron chi connectivity index (χ1n) is 11.1. The van der Waals surface area contributed by atoms with E-state index in [1.54, 1.807) is 11.8 Å². The largest absolute Gasteiger partial charge is 0.455 e. The van der Waals surface area contributed by atoms with Crippen LogP contribution in [0.25, 0.3) is 0 Å². The Morgan fingerprint density at radius 2 is 1.61 bits per heavy atom. The molecule has 174 valence electrons. The monoisotopic (exact) mass is 467 g/mol. The van der Waals surface area contributed by atoms with Crippen molar-refractivity contribution in [2.75, 3.05) is 23.3 Å². The van der Waals surface area contributed by atoms with E-state index in [9.17, 15) is 13.2 Å². The van der Waals surface area contributed by atoms with Crippen molar-refractivity contribution < 1.29 is 17.6 Å². The number of anilines is 3. The number of hydrogen-bond donors (Lipinski definition) is 1. The van der Waals surface area contributed by atoms with Gasteiger partial charge in [-0.05, 0) is 70.0 Å². The molecule has 0 spiro atoms. The van der Waals surface area contributed by atoms with Crippen molar-refractivity contribution >= 4 is 33.0 Å². The van der Waals surface area contributed by atoms with Gasteiger partial charge in [0.05, 0.1) is 0 Å². The molecule has 2 aromatic carbocycles. The van der Waals surface area contributed by atoms with Crippen LogP contribution in [-0.4, -0.2) is 37.8 Å². The summed E-state index contributed by atoms with van der Waals surface area (Å²) in [6, 6.07) is 18.6. The Labute approximate surface area is 195 Å². The number of aryl methyl sites for hydroxylation is 1. The lowest BCUT2D eigenvalue weighted by molar-refractivity contribution is 0.0952. The molecular formula is C25H29N3O4S. The number of amides is 1. The highest BCUT2D eigenvalue weighted by molar-refractivity contribution is 7.89. The Balaban J connectivity index is 1.58. The van der Waals surface area contributed by atoms with Gasteiger partial charge in [0.15, 0.2) is 5.76 Å². The summed E-state index contributed by atoms with van der Waals surface area (Å²) in [6.45, 7) is 6.40. The fourth-order valence-corrected chi connectivity index (χ4v) is 5.73. The van der Waals surface area contributed by atoms with Crippen molar-refractivity contribution in [3.8, 4) is 0 Å². The summed E-state index contributed by atoms with van der Waals surface area (Å²) in [5, 5.41) is 3.32. The second-order valence-corrected chi connectivity index (χ2v) is 10.4. The lowest BCUT2D eigenvalue weighted by Crippen LogP contribution is -2.36. The molecule has 1 saturated heterocycles. The van der Waals surface area contributed by atoms with E-state index in [2.05, 4.69) is 5.32 Å². The summed E-state index contributed by atoms with van der Waals surface area (Å²) in [5.74, 6) is -0.124. The zero-order valence-electron chi connectivity index (χ0n) is 19.1. The predicted octanol–water partition coefficient (Wildman–Crippen LogP) is 5.17. The first-order chi connectivity index (χ1) is 15.8. The highest BCUT2D eigenvalue weighted by Gasteiger charge is 2.33. The van der Waals surface area contributed by atoms with Gasteiger partial charge in [0.2, 0.25) is 10.0 Å². The third-order valence-corrected chi connectivity index (χ3v) is 7.72. The van der Waals surface area contributed by atoms with Crippen molar-refractivity contribution in [1.82, 2.24) is 4.31 Å². The van der Waals surface area contributed by atoms with Gasteiger partial charge in [-0.2, -0.15) is 4.31 Å². The number of hydrogen-bond acceptors (Lipinski definition) is 5. The molecule has 1 amide bonds. The normalized spacial score (nSPS) is 14.5. The van der Waals surface area contributed by atoms with Crippen LogP contribution in [-0.2, 0) is 10.0 Å². The van der Waals surface area contributed by atoms with Crippen LogP contribution in [0.2, 0.25) is 0 Å². The second kappa shape index (κ2) is 9.41. The van der Waals surface area contributed by atoms with Gasteiger partial charge in [-0.3, -0.25) is 4.79 Å². The van der Waals surface area contributed by atoms with Gasteiger partial charge < -0.3 is 14.6 Å². The van der Waals surface area contributed by atoms with Gasteiger partial charge in [0.1, 0.15) is 10.7 Å². The molecule has 7 nitrogen and oxygen atoms in total. The third-order valence-electron chi connectivity index (χ3n) is 5.71. The number of furan rings is 1. The standard InChI is InChI=1S/C25H29N3O4S/c1-18(2)28(22-13-11-21(12-14-22)26-20-9-5-4-6-10-20)25(29)23-17-24(19(3)32-23)33(30,31)27-15-7-8-16-27/h4-6,9-14,17-18,26H,7-8,15-16H2,1-3H3. The quantitative estimate of drug-likeness (QED) is 0.518. The number of para-hydroxylation sites is 1. The highest BCUT2D eigenvalue weighted by Crippen LogP contribution is 2.29. The summed E-state index contributed by atoms with van der Waals surface area (Å²) in [6.07, 6.45) is 1.69. The van der Waals surface area contributed by atoms with Crippen molar-refractivity contribution in [2.24, 2.45) is 0 Å². The summed E-state index contributed by atoms with van der Waals surface area (Å²) in [4.78, 5) is 15.1. The van der Waals surface area contributed by atoms with E-state index in [1.807, 2.05) is 68.4 Å². The van der Waals surface area contributed by atoms with Crippen LogP contribution in [0.4, 0.5) is 17.1 Å². The number of carbonyl (C=O) groups excluding carboxylic acids is 1. The number of sulfonamides is 1. The number of benzene rings is 2. The smallest absolute Gasteiger partial charge is 0.294 e. The SMILES string of the molecule is Cc1oc(C(=O)N(c2ccc(Nc3ccccc3)cc2)C(C)C)cc1S(=O)(=O)N1CCCC1. The molecule has 0 radical (unpaired) electrons. The van der Waals surface area contributed by atoms with Crippen LogP contribution in [0, 0.1) is 6.92 Å². The Hall–Kier alpha value is -3.10. The maximum atomic E-state index is 13.4. The molecule has 4 rings (SSSR count). The molecule has 1 aromatic heterocycles. The number of carbonyl (C=O) groups is 1. The lowest BCUT2D eigenvalue weighted by atomic mass is 10.2. The average Bonchev–Trinajstić information content (AvgIpc) is 3.46. The van der Waals surface area contributed by atoms with Gasteiger partial charge in [-0.1, -0.05) is 18.2 Å². The van der Waals surface area contributed by atoms with Crippen LogP contribution < -0.4 is 10.2 Å². The molecule has 8 heteroatoms. The minimum absolute atomic E-state index is 0.0189. The molecular weight excluding hydrogens is 438 g/mol. The van der Waals surface area contributed by atoms with Crippen molar-refractivity contribution in [3.05, 3.63) is 72.2 Å². The van der Waals surface area contributed by atoms with Crippen LogP contribution in [0.1, 0.15) is 43.0 Å². The van der Waals surface area contributed by atoms with E-state index >= 15 is 0 Å². The van der Waals surface area contributed by atoms with E-state index in [0.29, 0.717) is 18.8 Å². The van der Waals surface area contributed by atoms with E-state index in [4.69, 9.17) is 4.42 Å². The van der Waals surface area contributed by atoms with E-state index in [-0.39, 0.29) is 28.4 Å². The molecule has 0 atom stereocenters. The van der Waals surface area contributed by atoms with Crippen LogP contribution in [0.15, 0.2) is 70.0 Å². The molecule has 2 heterocycles. The van der Waals surface area contributed by atoms with E-state index in [0.717, 1.165) is 24.2 Å². The summed E-state index contributed by atoms with van der Waals surface area (Å²) >= 11 is 0. The Morgan fingerprint density at radius 1 is 1.00 bits per heavy atom. The van der Waals surface area contributed by atoms with Gasteiger partial charge >= 0.3 is 0 Å². The van der Waals surface area contributed by atoms with Crippen molar-refractivity contribution in [2.45, 2.75) is 44.6 Å². The molecule has 1 N–H and O–H groups in total. The van der Waals surface area contributed by atoms with E-state index in [1.165, 1.54) is 10.4 Å². The molecule has 0 unspecified atom stereocenters. The summed E-state index contributed by atoms with van der Waals surface area (Å²) < 4.78 is 33.1. The maximum absolute atomic E-state index is 13.4. The van der Waals surface area contributed by atoms with Crippen molar-refractivity contribution in [3.63, 3.8) is 0 Å². The highest BCUT2D eigenvalue weighted by atomic mass is 32.2. The van der Waals surface area contributed by atoms with Gasteiger partial charge in [0.25, 0.3) is 5.91 Å². The maximum Gasteiger partial charge on any atom is 0.294 e. The number of nitrogens with zero attached hydrogens (tertiary/aromatic N) is 2. The predicted molar refractivity (Wildman–Crippen MR) is 130 cm³/mol. The van der Waals surface area contributed by atoms with Crippen LogP contribution >= 0.6 is 0 Å². The van der Waals surface area contributed by atoms with Gasteiger partial charge in [0, 0.05) is 42.3 Å².